The second kappa shape index (κ2) is 10.1. The number of nitrogens with one attached hydrogen (secondary N) is 1. The summed E-state index contributed by atoms with van der Waals surface area (Å²) in [5, 5.41) is 4.13. The molecule has 0 saturated carbocycles. The van der Waals surface area contributed by atoms with Gasteiger partial charge < -0.3 is 10.1 Å². The average molecular weight is 298 g/mol. The van der Waals surface area contributed by atoms with Gasteiger partial charge in [-0.05, 0) is 36.6 Å². The molecule has 1 aromatic rings. The number of benzene rings is 1. The molecule has 0 bridgehead atoms. The maximum absolute atomic E-state index is 6.26. The number of hydrogen-bond acceptors (Lipinski definition) is 2. The fourth-order valence-corrected chi connectivity index (χ4v) is 2.25. The Bertz CT molecular complexity index is 379. The lowest BCUT2D eigenvalue weighted by atomic mass is 10.2. The van der Waals surface area contributed by atoms with Gasteiger partial charge in [-0.25, -0.2) is 0 Å². The molecule has 2 nitrogen and oxygen atoms in total. The minimum atomic E-state index is 0.663. The third-order valence-electron chi connectivity index (χ3n) is 3.13. The minimum absolute atomic E-state index is 0.663. The summed E-state index contributed by atoms with van der Waals surface area (Å²) in [5.74, 6) is 1.46. The molecule has 0 aliphatic heterocycles. The van der Waals surface area contributed by atoms with E-state index in [0.29, 0.717) is 10.9 Å². The average Bonchev–Trinajstić information content (AvgIpc) is 2.40. The fraction of sp³-hybridized carbons (Fsp3) is 0.647. The maximum atomic E-state index is 6.26. The van der Waals surface area contributed by atoms with Crippen LogP contribution in [-0.2, 0) is 6.54 Å². The maximum Gasteiger partial charge on any atom is 0.137 e. The van der Waals surface area contributed by atoms with Gasteiger partial charge in [0.1, 0.15) is 5.75 Å². The number of ether oxygens (including phenoxy) is 1. The first-order chi connectivity index (χ1) is 9.63. The van der Waals surface area contributed by atoms with E-state index in [-0.39, 0.29) is 0 Å². The summed E-state index contributed by atoms with van der Waals surface area (Å²) in [5.41, 5.74) is 1.20. The first-order valence-electron chi connectivity index (χ1n) is 7.75. The quantitative estimate of drug-likeness (QED) is 0.611. The summed E-state index contributed by atoms with van der Waals surface area (Å²) in [6, 6.07) is 6.06. The van der Waals surface area contributed by atoms with Crippen molar-refractivity contribution >= 4 is 11.6 Å². The van der Waals surface area contributed by atoms with Crippen LogP contribution in [0.4, 0.5) is 0 Å². The molecule has 0 aliphatic carbocycles. The Labute approximate surface area is 128 Å². The van der Waals surface area contributed by atoms with Crippen molar-refractivity contribution in [1.29, 1.82) is 0 Å². The molecule has 1 rings (SSSR count). The molecule has 114 valence electrons. The highest BCUT2D eigenvalue weighted by atomic mass is 35.5. The Hall–Kier alpha value is -0.730. The zero-order valence-corrected chi connectivity index (χ0v) is 13.8. The Morgan fingerprint density at radius 2 is 2.00 bits per heavy atom. The molecule has 0 aliphatic rings. The van der Waals surface area contributed by atoms with E-state index in [9.17, 15) is 0 Å². The van der Waals surface area contributed by atoms with Crippen LogP contribution in [0.2, 0.25) is 5.02 Å². The molecule has 3 heteroatoms. The van der Waals surface area contributed by atoms with Crippen molar-refractivity contribution in [2.24, 2.45) is 5.92 Å². The lowest BCUT2D eigenvalue weighted by molar-refractivity contribution is 0.305. The molecule has 1 aromatic carbocycles. The van der Waals surface area contributed by atoms with E-state index < -0.39 is 0 Å². The Kier molecular flexibility index (Phi) is 8.72. The van der Waals surface area contributed by atoms with Crippen LogP contribution in [0.25, 0.3) is 0 Å². The third kappa shape index (κ3) is 7.16. The molecule has 0 saturated heterocycles. The molecular formula is C17H28ClNO. The zero-order valence-electron chi connectivity index (χ0n) is 13.0. The van der Waals surface area contributed by atoms with Crippen molar-refractivity contribution in [3.8, 4) is 5.75 Å². The lowest BCUT2D eigenvalue weighted by Crippen LogP contribution is -2.18. The molecule has 0 fully saturated rings. The molecule has 20 heavy (non-hydrogen) atoms. The van der Waals surface area contributed by atoms with Gasteiger partial charge in [0, 0.05) is 6.54 Å². The standard InChI is InChI=1S/C17H28ClNO/c1-4-5-6-7-10-20-17-9-8-15(11-16(17)18)13-19-12-14(2)3/h8-9,11,14,19H,4-7,10,12-13H2,1-3H3. The van der Waals surface area contributed by atoms with Gasteiger partial charge in [-0.3, -0.25) is 0 Å². The van der Waals surface area contributed by atoms with Crippen molar-refractivity contribution < 1.29 is 4.74 Å². The van der Waals surface area contributed by atoms with Crippen molar-refractivity contribution in [3.63, 3.8) is 0 Å². The van der Waals surface area contributed by atoms with Crippen LogP contribution >= 0.6 is 11.6 Å². The zero-order chi connectivity index (χ0) is 14.8. The summed E-state index contributed by atoms with van der Waals surface area (Å²) in [6.07, 6.45) is 4.85. The Morgan fingerprint density at radius 3 is 2.65 bits per heavy atom. The Balaban J connectivity index is 2.35. The van der Waals surface area contributed by atoms with Crippen LogP contribution in [-0.4, -0.2) is 13.2 Å². The Morgan fingerprint density at radius 1 is 1.20 bits per heavy atom. The fourth-order valence-electron chi connectivity index (χ4n) is 1.99. The van der Waals surface area contributed by atoms with Gasteiger partial charge in [-0.1, -0.05) is 57.7 Å². The van der Waals surface area contributed by atoms with Gasteiger partial charge in [-0.2, -0.15) is 0 Å². The highest BCUT2D eigenvalue weighted by molar-refractivity contribution is 6.32. The molecule has 0 atom stereocenters. The smallest absolute Gasteiger partial charge is 0.137 e. The van der Waals surface area contributed by atoms with Gasteiger partial charge in [0.25, 0.3) is 0 Å². The normalized spacial score (nSPS) is 11.1. The molecule has 0 aromatic heterocycles. The molecular weight excluding hydrogens is 270 g/mol. The third-order valence-corrected chi connectivity index (χ3v) is 3.43. The van der Waals surface area contributed by atoms with E-state index in [1.54, 1.807) is 0 Å². The lowest BCUT2D eigenvalue weighted by Gasteiger charge is -2.11. The van der Waals surface area contributed by atoms with Crippen LogP contribution in [0.15, 0.2) is 18.2 Å². The van der Waals surface area contributed by atoms with Gasteiger partial charge in [-0.15, -0.1) is 0 Å². The van der Waals surface area contributed by atoms with Crippen molar-refractivity contribution in [2.75, 3.05) is 13.2 Å². The highest BCUT2D eigenvalue weighted by Crippen LogP contribution is 2.25. The summed E-state index contributed by atoms with van der Waals surface area (Å²) in [7, 11) is 0. The second-order valence-electron chi connectivity index (χ2n) is 5.70. The predicted octanol–water partition coefficient (Wildman–Crippen LogP) is 5.04. The predicted molar refractivity (Wildman–Crippen MR) is 87.6 cm³/mol. The summed E-state index contributed by atoms with van der Waals surface area (Å²) in [6.45, 7) is 9.25. The van der Waals surface area contributed by atoms with Gasteiger partial charge >= 0.3 is 0 Å². The number of hydrogen-bond donors (Lipinski definition) is 1. The molecule has 1 N–H and O–H groups in total. The number of unbranched alkanes of at least 4 members (excludes halogenated alkanes) is 3. The summed E-state index contributed by atoms with van der Waals surface area (Å²) < 4.78 is 5.73. The first kappa shape index (κ1) is 17.3. The molecule has 0 heterocycles. The topological polar surface area (TPSA) is 21.3 Å². The van der Waals surface area contributed by atoms with Crippen LogP contribution in [0.1, 0.15) is 52.0 Å². The van der Waals surface area contributed by atoms with E-state index in [2.05, 4.69) is 32.2 Å². The molecule has 0 spiro atoms. The van der Waals surface area contributed by atoms with Crippen molar-refractivity contribution in [3.05, 3.63) is 28.8 Å². The summed E-state index contributed by atoms with van der Waals surface area (Å²) in [4.78, 5) is 0. The SMILES string of the molecule is CCCCCCOc1ccc(CNCC(C)C)cc1Cl. The molecule has 0 radical (unpaired) electrons. The minimum Gasteiger partial charge on any atom is -0.492 e. The molecule has 0 unspecified atom stereocenters. The van der Waals surface area contributed by atoms with Crippen LogP contribution in [0.3, 0.4) is 0 Å². The monoisotopic (exact) mass is 297 g/mol. The van der Waals surface area contributed by atoms with E-state index in [1.165, 1.54) is 24.8 Å². The van der Waals surface area contributed by atoms with Gasteiger partial charge in [0.2, 0.25) is 0 Å². The molecule has 0 amide bonds. The van der Waals surface area contributed by atoms with Crippen molar-refractivity contribution in [2.45, 2.75) is 53.0 Å². The van der Waals surface area contributed by atoms with E-state index in [4.69, 9.17) is 16.3 Å². The first-order valence-corrected chi connectivity index (χ1v) is 8.13. The van der Waals surface area contributed by atoms with Crippen LogP contribution in [0.5, 0.6) is 5.75 Å². The largest absolute Gasteiger partial charge is 0.492 e. The van der Waals surface area contributed by atoms with E-state index in [1.807, 2.05) is 12.1 Å². The van der Waals surface area contributed by atoms with E-state index in [0.717, 1.165) is 31.9 Å². The highest BCUT2D eigenvalue weighted by Gasteiger charge is 2.03. The van der Waals surface area contributed by atoms with Crippen LogP contribution in [0, 0.1) is 5.92 Å². The van der Waals surface area contributed by atoms with Crippen LogP contribution < -0.4 is 10.1 Å². The van der Waals surface area contributed by atoms with Gasteiger partial charge in [0.15, 0.2) is 0 Å². The number of halogens is 1. The van der Waals surface area contributed by atoms with Crippen molar-refractivity contribution in [1.82, 2.24) is 5.32 Å². The second-order valence-corrected chi connectivity index (χ2v) is 6.11. The summed E-state index contributed by atoms with van der Waals surface area (Å²) >= 11 is 6.26. The van der Waals surface area contributed by atoms with E-state index >= 15 is 0 Å². The van der Waals surface area contributed by atoms with Gasteiger partial charge in [0.05, 0.1) is 11.6 Å². The number of rotatable bonds is 10.